The molecule has 0 aliphatic heterocycles. The summed E-state index contributed by atoms with van der Waals surface area (Å²) in [7, 11) is 0. The van der Waals surface area contributed by atoms with E-state index in [0.29, 0.717) is 17.0 Å². The third-order valence-electron chi connectivity index (χ3n) is 5.22. The number of thiazole rings is 1. The van der Waals surface area contributed by atoms with Crippen LogP contribution in [-0.2, 0) is 28.9 Å². The maximum Gasteiger partial charge on any atom is 0.326 e. The number of hydrogen-bond acceptors (Lipinski definition) is 4. The Hall–Kier alpha value is -2.73. The summed E-state index contributed by atoms with van der Waals surface area (Å²) in [4.78, 5) is 30.0. The minimum Gasteiger partial charge on any atom is -0.465 e. The fourth-order valence-electron chi connectivity index (χ4n) is 3.77. The van der Waals surface area contributed by atoms with Crippen molar-refractivity contribution in [3.8, 4) is 0 Å². The van der Waals surface area contributed by atoms with Gasteiger partial charge in [-0.05, 0) is 80.5 Å². The number of aryl methyl sites for hydroxylation is 3. The lowest BCUT2D eigenvalue weighted by Crippen LogP contribution is -2.23. The molecule has 0 radical (unpaired) electrons. The van der Waals surface area contributed by atoms with Crippen LogP contribution < -0.4 is 4.80 Å². The molecule has 2 aromatic carbocycles. The van der Waals surface area contributed by atoms with Crippen molar-refractivity contribution in [2.75, 3.05) is 6.61 Å². The second kappa shape index (κ2) is 8.33. The summed E-state index contributed by atoms with van der Waals surface area (Å²) in [5, 5.41) is 0. The Labute approximate surface area is 173 Å². The first-order chi connectivity index (χ1) is 14.0. The Morgan fingerprint density at radius 3 is 2.69 bits per heavy atom. The van der Waals surface area contributed by atoms with Gasteiger partial charge in [0.25, 0.3) is 5.91 Å². The maximum absolute atomic E-state index is 12.9. The van der Waals surface area contributed by atoms with Crippen molar-refractivity contribution in [1.82, 2.24) is 4.57 Å². The average Bonchev–Trinajstić information content (AvgIpc) is 3.03. The molecular weight excluding hydrogens is 384 g/mol. The van der Waals surface area contributed by atoms with Gasteiger partial charge in [0, 0.05) is 5.56 Å². The van der Waals surface area contributed by atoms with Gasteiger partial charge in [0.05, 0.1) is 16.8 Å². The summed E-state index contributed by atoms with van der Waals surface area (Å²) in [5.74, 6) is -0.616. The molecule has 1 aliphatic rings. The largest absolute Gasteiger partial charge is 0.465 e. The number of esters is 1. The van der Waals surface area contributed by atoms with Crippen molar-refractivity contribution in [2.24, 2.45) is 4.99 Å². The zero-order valence-electron chi connectivity index (χ0n) is 16.7. The van der Waals surface area contributed by atoms with Gasteiger partial charge < -0.3 is 9.30 Å². The van der Waals surface area contributed by atoms with Gasteiger partial charge in [-0.25, -0.2) is 0 Å². The van der Waals surface area contributed by atoms with Crippen LogP contribution in [0.2, 0.25) is 0 Å². The molecule has 0 atom stereocenters. The Kier molecular flexibility index (Phi) is 5.62. The zero-order chi connectivity index (χ0) is 20.4. The Balaban J connectivity index is 1.76. The van der Waals surface area contributed by atoms with Gasteiger partial charge in [-0.3, -0.25) is 9.59 Å². The van der Waals surface area contributed by atoms with Crippen LogP contribution >= 0.6 is 11.3 Å². The number of aromatic nitrogens is 1. The Morgan fingerprint density at radius 1 is 1.10 bits per heavy atom. The Bertz CT molecular complexity index is 1160. The topological polar surface area (TPSA) is 60.7 Å². The van der Waals surface area contributed by atoms with E-state index in [1.165, 1.54) is 28.9 Å². The standard InChI is InChI=1S/C23H24N2O3S/c1-3-28-21(26)14-25-19-11-8-15(2)12-20(19)29-23(25)24-22(27)18-10-9-16-6-4-5-7-17(16)13-18/h8-13H,3-7,14H2,1-2H3. The van der Waals surface area contributed by atoms with Gasteiger partial charge in [0.15, 0.2) is 4.80 Å². The third-order valence-corrected chi connectivity index (χ3v) is 6.26. The second-order valence-corrected chi connectivity index (χ2v) is 8.36. The van der Waals surface area contributed by atoms with Crippen molar-refractivity contribution in [2.45, 2.75) is 46.1 Å². The third kappa shape index (κ3) is 4.17. The number of carbonyl (C=O) groups is 2. The number of benzene rings is 2. The fourth-order valence-corrected chi connectivity index (χ4v) is 4.90. The first-order valence-electron chi connectivity index (χ1n) is 10.0. The summed E-state index contributed by atoms with van der Waals surface area (Å²) >= 11 is 1.42. The SMILES string of the molecule is CCOC(=O)Cn1c(=NC(=O)c2ccc3c(c2)CCCC3)sc2cc(C)ccc21. The number of carbonyl (C=O) groups excluding carboxylic acids is 2. The quantitative estimate of drug-likeness (QED) is 0.608. The van der Waals surface area contributed by atoms with E-state index in [1.807, 2.05) is 37.3 Å². The number of rotatable bonds is 4. The van der Waals surface area contributed by atoms with Crippen LogP contribution in [-0.4, -0.2) is 23.1 Å². The predicted octanol–water partition coefficient (Wildman–Crippen LogP) is 4.19. The minimum atomic E-state index is -0.338. The number of ether oxygens (including phenoxy) is 1. The molecule has 1 amide bonds. The van der Waals surface area contributed by atoms with Crippen molar-refractivity contribution in [3.05, 3.63) is 63.5 Å². The highest BCUT2D eigenvalue weighted by Gasteiger charge is 2.15. The smallest absolute Gasteiger partial charge is 0.326 e. The molecule has 1 aliphatic carbocycles. The highest BCUT2D eigenvalue weighted by atomic mass is 32.1. The summed E-state index contributed by atoms with van der Waals surface area (Å²) in [6, 6.07) is 11.9. The highest BCUT2D eigenvalue weighted by molar-refractivity contribution is 7.16. The zero-order valence-corrected chi connectivity index (χ0v) is 17.6. The van der Waals surface area contributed by atoms with E-state index in [2.05, 4.69) is 11.1 Å². The Morgan fingerprint density at radius 2 is 1.90 bits per heavy atom. The molecule has 0 spiro atoms. The van der Waals surface area contributed by atoms with Crippen LogP contribution in [0.25, 0.3) is 10.2 Å². The van der Waals surface area contributed by atoms with Crippen molar-refractivity contribution < 1.29 is 14.3 Å². The molecule has 0 saturated heterocycles. The second-order valence-electron chi connectivity index (χ2n) is 7.35. The molecule has 1 heterocycles. The normalized spacial score (nSPS) is 14.1. The van der Waals surface area contributed by atoms with E-state index in [-0.39, 0.29) is 18.4 Å². The van der Waals surface area contributed by atoms with Gasteiger partial charge in [-0.2, -0.15) is 4.99 Å². The summed E-state index contributed by atoms with van der Waals surface area (Å²) in [6.45, 7) is 4.15. The summed E-state index contributed by atoms with van der Waals surface area (Å²) < 4.78 is 7.88. The van der Waals surface area contributed by atoms with E-state index in [9.17, 15) is 9.59 Å². The molecule has 150 valence electrons. The van der Waals surface area contributed by atoms with Gasteiger partial charge in [0.2, 0.25) is 0 Å². The first-order valence-corrected chi connectivity index (χ1v) is 10.8. The molecule has 0 fully saturated rings. The van der Waals surface area contributed by atoms with Crippen LogP contribution in [0.4, 0.5) is 0 Å². The van der Waals surface area contributed by atoms with E-state index >= 15 is 0 Å². The summed E-state index contributed by atoms with van der Waals surface area (Å²) in [6.07, 6.45) is 4.47. The van der Waals surface area contributed by atoms with E-state index in [4.69, 9.17) is 4.74 Å². The molecular formula is C23H24N2O3S. The number of fused-ring (bicyclic) bond motifs is 2. The van der Waals surface area contributed by atoms with Gasteiger partial charge in [-0.1, -0.05) is 23.5 Å². The highest BCUT2D eigenvalue weighted by Crippen LogP contribution is 2.23. The predicted molar refractivity (Wildman–Crippen MR) is 114 cm³/mol. The molecule has 1 aromatic heterocycles. The number of nitrogens with zero attached hydrogens (tertiary/aromatic N) is 2. The van der Waals surface area contributed by atoms with Gasteiger partial charge >= 0.3 is 5.97 Å². The number of hydrogen-bond donors (Lipinski definition) is 0. The molecule has 29 heavy (non-hydrogen) atoms. The monoisotopic (exact) mass is 408 g/mol. The van der Waals surface area contributed by atoms with Crippen molar-refractivity contribution >= 4 is 33.4 Å². The van der Waals surface area contributed by atoms with Gasteiger partial charge in [-0.15, -0.1) is 0 Å². The van der Waals surface area contributed by atoms with E-state index < -0.39 is 0 Å². The lowest BCUT2D eigenvalue weighted by Gasteiger charge is -2.15. The van der Waals surface area contributed by atoms with Gasteiger partial charge in [0.1, 0.15) is 6.54 Å². The molecule has 5 nitrogen and oxygen atoms in total. The molecule has 0 N–H and O–H groups in total. The minimum absolute atomic E-state index is 0.0349. The molecule has 3 aromatic rings. The average molecular weight is 409 g/mol. The van der Waals surface area contributed by atoms with Crippen LogP contribution in [0.1, 0.15) is 46.8 Å². The van der Waals surface area contributed by atoms with Crippen LogP contribution in [0, 0.1) is 6.92 Å². The molecule has 0 unspecified atom stereocenters. The number of amides is 1. The fraction of sp³-hybridized carbons (Fsp3) is 0.348. The van der Waals surface area contributed by atoms with Crippen LogP contribution in [0.15, 0.2) is 41.4 Å². The van der Waals surface area contributed by atoms with Crippen LogP contribution in [0.3, 0.4) is 0 Å². The van der Waals surface area contributed by atoms with Crippen LogP contribution in [0.5, 0.6) is 0 Å². The van der Waals surface area contributed by atoms with Crippen molar-refractivity contribution in [3.63, 3.8) is 0 Å². The molecule has 4 rings (SSSR count). The van der Waals surface area contributed by atoms with Crippen molar-refractivity contribution in [1.29, 1.82) is 0 Å². The molecule has 6 heteroatoms. The maximum atomic E-state index is 12.9. The van der Waals surface area contributed by atoms with E-state index in [1.54, 1.807) is 11.5 Å². The van der Waals surface area contributed by atoms with E-state index in [0.717, 1.165) is 35.0 Å². The lowest BCUT2D eigenvalue weighted by molar-refractivity contribution is -0.143. The first kappa shape index (κ1) is 19.6. The molecule has 0 bridgehead atoms. The summed E-state index contributed by atoms with van der Waals surface area (Å²) in [5.41, 5.74) is 5.19. The molecule has 0 saturated carbocycles. The lowest BCUT2D eigenvalue weighted by atomic mass is 9.90.